The van der Waals surface area contributed by atoms with E-state index in [2.05, 4.69) is 5.32 Å². The Labute approximate surface area is 171 Å². The highest BCUT2D eigenvalue weighted by Crippen LogP contribution is 2.04. The maximum absolute atomic E-state index is 11.4. The van der Waals surface area contributed by atoms with Crippen molar-refractivity contribution in [3.05, 3.63) is 0 Å². The number of carbonyl (C=O) groups excluding carboxylic acids is 4. The topological polar surface area (TPSA) is 126 Å². The molecule has 0 aromatic carbocycles. The maximum Gasteiger partial charge on any atom is 0.344 e. The van der Waals surface area contributed by atoms with Gasteiger partial charge < -0.3 is 29.0 Å². The van der Waals surface area contributed by atoms with Crippen molar-refractivity contribution in [1.82, 2.24) is 5.32 Å². The smallest absolute Gasteiger partial charge is 0.344 e. The van der Waals surface area contributed by atoms with Gasteiger partial charge in [-0.1, -0.05) is 27.7 Å². The Hall–Kier alpha value is -2.20. The van der Waals surface area contributed by atoms with Crippen molar-refractivity contribution in [2.24, 2.45) is 5.92 Å². The minimum Gasteiger partial charge on any atom is -0.461 e. The number of hydrogen-bond donors (Lipinski definition) is 1. The average molecular weight is 419 g/mol. The van der Waals surface area contributed by atoms with Crippen molar-refractivity contribution in [3.63, 3.8) is 0 Å². The van der Waals surface area contributed by atoms with Gasteiger partial charge in [-0.25, -0.2) is 9.59 Å². The number of carbonyl (C=O) groups is 4. The molecule has 29 heavy (non-hydrogen) atoms. The van der Waals surface area contributed by atoms with Gasteiger partial charge in [0.25, 0.3) is 0 Å². The van der Waals surface area contributed by atoms with Crippen LogP contribution < -0.4 is 5.32 Å². The van der Waals surface area contributed by atoms with Crippen LogP contribution in [0.25, 0.3) is 0 Å². The molecule has 10 nitrogen and oxygen atoms in total. The summed E-state index contributed by atoms with van der Waals surface area (Å²) in [6.07, 6.45) is 0.963. The summed E-state index contributed by atoms with van der Waals surface area (Å²) in [4.78, 5) is 45.5. The van der Waals surface area contributed by atoms with Gasteiger partial charge in [0.05, 0.1) is 19.8 Å². The van der Waals surface area contributed by atoms with Crippen molar-refractivity contribution < 1.29 is 42.9 Å². The van der Waals surface area contributed by atoms with Crippen LogP contribution in [0.5, 0.6) is 0 Å². The van der Waals surface area contributed by atoms with Crippen molar-refractivity contribution in [3.8, 4) is 0 Å². The summed E-state index contributed by atoms with van der Waals surface area (Å²) < 4.78 is 24.3. The highest BCUT2D eigenvalue weighted by Gasteiger charge is 2.10. The third-order valence-corrected chi connectivity index (χ3v) is 3.26. The average Bonchev–Trinajstić information content (AvgIpc) is 2.66. The summed E-state index contributed by atoms with van der Waals surface area (Å²) in [6.45, 7) is 7.01. The standard InChI is InChI=1S/C19H33NO9/c1-14(2)5-6-16(21)28-12-18(23)26-9-7-25-8-10-27-19(24)13-29-17(22)11-20-15(3)4/h14-15,20H,5-13H2,1-4H3. The lowest BCUT2D eigenvalue weighted by Crippen LogP contribution is -2.31. The van der Waals surface area contributed by atoms with E-state index in [1.165, 1.54) is 0 Å². The molecule has 0 rings (SSSR count). The first-order chi connectivity index (χ1) is 13.7. The summed E-state index contributed by atoms with van der Waals surface area (Å²) in [5, 5.41) is 2.86. The van der Waals surface area contributed by atoms with Crippen LogP contribution in [0.1, 0.15) is 40.5 Å². The fourth-order valence-electron chi connectivity index (χ4n) is 1.71. The number of nitrogens with one attached hydrogen (secondary N) is 1. The Balaban J connectivity index is 3.53. The molecule has 0 aliphatic carbocycles. The monoisotopic (exact) mass is 419 g/mol. The minimum absolute atomic E-state index is 0.0171. The normalized spacial score (nSPS) is 10.7. The molecule has 0 amide bonds. The predicted molar refractivity (Wildman–Crippen MR) is 102 cm³/mol. The van der Waals surface area contributed by atoms with Gasteiger partial charge in [-0.2, -0.15) is 0 Å². The van der Waals surface area contributed by atoms with Crippen molar-refractivity contribution >= 4 is 23.9 Å². The fraction of sp³-hybridized carbons (Fsp3) is 0.789. The first kappa shape index (κ1) is 26.8. The van der Waals surface area contributed by atoms with Gasteiger partial charge in [-0.15, -0.1) is 0 Å². The second-order valence-electron chi connectivity index (χ2n) is 6.84. The molecule has 0 saturated heterocycles. The molecule has 0 radical (unpaired) electrons. The lowest BCUT2D eigenvalue weighted by molar-refractivity contribution is -0.161. The molecule has 1 N–H and O–H groups in total. The second kappa shape index (κ2) is 16.7. The van der Waals surface area contributed by atoms with Gasteiger partial charge in [-0.3, -0.25) is 9.59 Å². The fourth-order valence-corrected chi connectivity index (χ4v) is 1.71. The number of ether oxygens (including phenoxy) is 5. The highest BCUT2D eigenvalue weighted by atomic mass is 16.6. The van der Waals surface area contributed by atoms with Crippen molar-refractivity contribution in [2.75, 3.05) is 46.2 Å². The van der Waals surface area contributed by atoms with Gasteiger partial charge in [-0.05, 0) is 12.3 Å². The third-order valence-electron chi connectivity index (χ3n) is 3.26. The minimum atomic E-state index is -0.683. The second-order valence-corrected chi connectivity index (χ2v) is 6.84. The Morgan fingerprint density at radius 1 is 0.690 bits per heavy atom. The third kappa shape index (κ3) is 18.9. The Kier molecular flexibility index (Phi) is 15.5. The molecule has 0 heterocycles. The van der Waals surface area contributed by atoms with Gasteiger partial charge in [0.1, 0.15) is 13.2 Å². The molecule has 10 heteroatoms. The van der Waals surface area contributed by atoms with Crippen LogP contribution in [0.2, 0.25) is 0 Å². The SMILES string of the molecule is CC(C)CCC(=O)OCC(=O)OCCOCCOC(=O)COC(=O)CNC(C)C. The molecule has 0 aliphatic heterocycles. The molecule has 0 aromatic rings. The molecule has 0 atom stereocenters. The number of esters is 4. The summed E-state index contributed by atoms with van der Waals surface area (Å²) in [6, 6.07) is 0.135. The number of rotatable bonds is 16. The Bertz CT molecular complexity index is 462. The van der Waals surface area contributed by atoms with Crippen LogP contribution >= 0.6 is 0 Å². The zero-order chi connectivity index (χ0) is 22.1. The van der Waals surface area contributed by atoms with E-state index < -0.39 is 37.1 Å². The Morgan fingerprint density at radius 2 is 1.21 bits per heavy atom. The molecule has 0 bridgehead atoms. The highest BCUT2D eigenvalue weighted by molar-refractivity contribution is 5.77. The molecule has 0 spiro atoms. The molecule has 0 aliphatic rings. The quantitative estimate of drug-likeness (QED) is 0.216. The first-order valence-corrected chi connectivity index (χ1v) is 9.64. The van der Waals surface area contributed by atoms with Crippen molar-refractivity contribution in [1.29, 1.82) is 0 Å². The van der Waals surface area contributed by atoms with Crippen LogP contribution in [0, 0.1) is 5.92 Å². The van der Waals surface area contributed by atoms with E-state index in [4.69, 9.17) is 23.7 Å². The van der Waals surface area contributed by atoms with Crippen LogP contribution in [-0.2, 0) is 42.9 Å². The van der Waals surface area contributed by atoms with E-state index in [1.54, 1.807) is 0 Å². The lowest BCUT2D eigenvalue weighted by Gasteiger charge is -2.09. The number of hydrogen-bond acceptors (Lipinski definition) is 10. The lowest BCUT2D eigenvalue weighted by atomic mass is 10.1. The Morgan fingerprint density at radius 3 is 1.69 bits per heavy atom. The van der Waals surface area contributed by atoms with E-state index in [-0.39, 0.29) is 45.4 Å². The molecule has 0 unspecified atom stereocenters. The van der Waals surface area contributed by atoms with Gasteiger partial charge in [0.15, 0.2) is 13.2 Å². The van der Waals surface area contributed by atoms with E-state index in [1.807, 2.05) is 27.7 Å². The molecular weight excluding hydrogens is 386 g/mol. The molecular formula is C19H33NO9. The zero-order valence-electron chi connectivity index (χ0n) is 17.7. The summed E-state index contributed by atoms with van der Waals surface area (Å²) in [5.74, 6) is -1.94. The summed E-state index contributed by atoms with van der Waals surface area (Å²) in [7, 11) is 0. The van der Waals surface area contributed by atoms with Crippen molar-refractivity contribution in [2.45, 2.75) is 46.6 Å². The largest absolute Gasteiger partial charge is 0.461 e. The van der Waals surface area contributed by atoms with E-state index in [0.29, 0.717) is 12.3 Å². The van der Waals surface area contributed by atoms with Gasteiger partial charge in [0, 0.05) is 12.5 Å². The van der Waals surface area contributed by atoms with E-state index in [9.17, 15) is 19.2 Å². The summed E-state index contributed by atoms with van der Waals surface area (Å²) in [5.41, 5.74) is 0. The van der Waals surface area contributed by atoms with E-state index in [0.717, 1.165) is 0 Å². The predicted octanol–water partition coefficient (Wildman–Crippen LogP) is 0.610. The summed E-state index contributed by atoms with van der Waals surface area (Å²) >= 11 is 0. The molecule has 0 fully saturated rings. The zero-order valence-corrected chi connectivity index (χ0v) is 17.7. The van der Waals surface area contributed by atoms with Crippen LogP contribution in [-0.4, -0.2) is 76.1 Å². The first-order valence-electron chi connectivity index (χ1n) is 9.64. The van der Waals surface area contributed by atoms with Crippen LogP contribution in [0.3, 0.4) is 0 Å². The van der Waals surface area contributed by atoms with Gasteiger partial charge in [0.2, 0.25) is 0 Å². The van der Waals surface area contributed by atoms with E-state index >= 15 is 0 Å². The molecule has 0 saturated carbocycles. The molecule has 168 valence electrons. The maximum atomic E-state index is 11.4. The van der Waals surface area contributed by atoms with Crippen LogP contribution in [0.4, 0.5) is 0 Å². The molecule has 0 aromatic heterocycles. The van der Waals surface area contributed by atoms with Gasteiger partial charge >= 0.3 is 23.9 Å². The van der Waals surface area contributed by atoms with Crippen LogP contribution in [0.15, 0.2) is 0 Å².